The summed E-state index contributed by atoms with van der Waals surface area (Å²) < 4.78 is 6.53. The Morgan fingerprint density at radius 2 is 0.844 bits per heavy atom. The van der Waals surface area contributed by atoms with Crippen LogP contribution in [0.2, 0.25) is 0 Å². The molecule has 0 radical (unpaired) electrons. The molecule has 8 aromatic rings. The monoisotopic (exact) mass is 578 g/mol. The third kappa shape index (κ3) is 5.01. The molecule has 0 unspecified atom stereocenters. The Balaban J connectivity index is 1.27. The molecule has 1 heterocycles. The van der Waals surface area contributed by atoms with Gasteiger partial charge in [0.05, 0.1) is 5.69 Å². The van der Waals surface area contributed by atoms with Crippen molar-refractivity contribution >= 4 is 56.1 Å². The van der Waals surface area contributed by atoms with E-state index in [0.717, 1.165) is 56.1 Å². The summed E-state index contributed by atoms with van der Waals surface area (Å²) in [6.45, 7) is 0. The highest BCUT2D eigenvalue weighted by Crippen LogP contribution is 2.43. The van der Waals surface area contributed by atoms with Gasteiger partial charge in [0.15, 0.2) is 0 Å². The van der Waals surface area contributed by atoms with Crippen molar-refractivity contribution in [3.05, 3.63) is 182 Å². The molecule has 0 amide bonds. The number of nitrogens with zero attached hydrogens (tertiary/aromatic N) is 2. The second kappa shape index (κ2) is 11.6. The van der Waals surface area contributed by atoms with Crippen LogP contribution in [-0.4, -0.2) is 0 Å². The van der Waals surface area contributed by atoms with Gasteiger partial charge in [-0.15, -0.1) is 0 Å². The Morgan fingerprint density at radius 3 is 1.49 bits per heavy atom. The molecule has 8 rings (SSSR count). The van der Waals surface area contributed by atoms with E-state index < -0.39 is 0 Å². The highest BCUT2D eigenvalue weighted by molar-refractivity contribution is 6.08. The molecule has 3 nitrogen and oxygen atoms in total. The molecule has 45 heavy (non-hydrogen) atoms. The predicted molar refractivity (Wildman–Crippen MR) is 189 cm³/mol. The molecule has 1 aromatic heterocycles. The van der Waals surface area contributed by atoms with Gasteiger partial charge >= 0.3 is 0 Å². The second-order valence-corrected chi connectivity index (χ2v) is 11.0. The highest BCUT2D eigenvalue weighted by atomic mass is 16.3. The van der Waals surface area contributed by atoms with E-state index >= 15 is 0 Å². The van der Waals surface area contributed by atoms with Gasteiger partial charge in [0.25, 0.3) is 0 Å². The molecule has 0 spiro atoms. The zero-order valence-corrected chi connectivity index (χ0v) is 24.6. The normalized spacial score (nSPS) is 11.1. The van der Waals surface area contributed by atoms with Crippen molar-refractivity contribution in [3.63, 3.8) is 0 Å². The molecule has 0 saturated heterocycles. The highest BCUT2D eigenvalue weighted by Gasteiger charge is 2.19. The summed E-state index contributed by atoms with van der Waals surface area (Å²) in [4.78, 5) is 4.59. The van der Waals surface area contributed by atoms with Gasteiger partial charge in [0.2, 0.25) is 0 Å². The number of hydrogen-bond acceptors (Lipinski definition) is 3. The van der Waals surface area contributed by atoms with E-state index in [-0.39, 0.29) is 0 Å². The van der Waals surface area contributed by atoms with Crippen molar-refractivity contribution in [2.45, 2.75) is 0 Å². The average Bonchev–Trinajstić information content (AvgIpc) is 3.48. The van der Waals surface area contributed by atoms with Crippen molar-refractivity contribution in [1.29, 1.82) is 0 Å². The molecular formula is C42H30N2O. The van der Waals surface area contributed by atoms with Crippen LogP contribution < -0.4 is 9.80 Å². The van der Waals surface area contributed by atoms with E-state index in [1.807, 2.05) is 12.1 Å². The lowest BCUT2D eigenvalue weighted by Crippen LogP contribution is -2.11. The van der Waals surface area contributed by atoms with E-state index in [1.165, 1.54) is 11.1 Å². The van der Waals surface area contributed by atoms with E-state index in [2.05, 4.69) is 180 Å². The van der Waals surface area contributed by atoms with Gasteiger partial charge in [-0.3, -0.25) is 0 Å². The zero-order chi connectivity index (χ0) is 30.0. The van der Waals surface area contributed by atoms with Gasteiger partial charge in [0.1, 0.15) is 11.2 Å². The van der Waals surface area contributed by atoms with Crippen LogP contribution in [0.3, 0.4) is 0 Å². The van der Waals surface area contributed by atoms with Crippen LogP contribution >= 0.6 is 0 Å². The average molecular weight is 579 g/mol. The molecule has 0 fully saturated rings. The Morgan fingerprint density at radius 1 is 0.333 bits per heavy atom. The van der Waals surface area contributed by atoms with E-state index in [1.54, 1.807) is 0 Å². The smallest absolute Gasteiger partial charge is 0.137 e. The van der Waals surface area contributed by atoms with Crippen LogP contribution in [0.15, 0.2) is 186 Å². The fourth-order valence-electron chi connectivity index (χ4n) is 6.17. The minimum Gasteiger partial charge on any atom is -0.456 e. The van der Waals surface area contributed by atoms with Crippen molar-refractivity contribution in [2.24, 2.45) is 0 Å². The minimum absolute atomic E-state index is 0.851. The Hall–Kier alpha value is -6.06. The number of rotatable bonds is 7. The van der Waals surface area contributed by atoms with Crippen molar-refractivity contribution in [3.8, 4) is 11.1 Å². The van der Waals surface area contributed by atoms with Gasteiger partial charge < -0.3 is 14.2 Å². The molecule has 214 valence electrons. The maximum Gasteiger partial charge on any atom is 0.137 e. The Kier molecular flexibility index (Phi) is 6.82. The van der Waals surface area contributed by atoms with Crippen LogP contribution in [0.4, 0.5) is 34.1 Å². The first-order valence-corrected chi connectivity index (χ1v) is 15.2. The fourth-order valence-corrected chi connectivity index (χ4v) is 6.17. The fraction of sp³-hybridized carbons (Fsp3) is 0. The number of benzene rings is 7. The first-order chi connectivity index (χ1) is 22.3. The van der Waals surface area contributed by atoms with Crippen LogP contribution in [-0.2, 0) is 0 Å². The first-order valence-electron chi connectivity index (χ1n) is 15.2. The maximum absolute atomic E-state index is 6.53. The van der Waals surface area contributed by atoms with Crippen LogP contribution in [0, 0.1) is 0 Å². The van der Waals surface area contributed by atoms with Gasteiger partial charge in [-0.25, -0.2) is 0 Å². The number of hydrogen-bond donors (Lipinski definition) is 0. The Labute approximate surface area is 262 Å². The molecule has 0 aliphatic carbocycles. The maximum atomic E-state index is 6.53. The quantitative estimate of drug-likeness (QED) is 0.188. The van der Waals surface area contributed by atoms with Crippen molar-refractivity contribution in [2.75, 3.05) is 9.80 Å². The Bertz CT molecular complexity index is 2170. The molecule has 0 aliphatic rings. The molecule has 7 aromatic carbocycles. The number of furan rings is 1. The van der Waals surface area contributed by atoms with E-state index in [0.29, 0.717) is 0 Å². The van der Waals surface area contributed by atoms with Crippen LogP contribution in [0.5, 0.6) is 0 Å². The first kappa shape index (κ1) is 26.6. The molecule has 3 heteroatoms. The lowest BCUT2D eigenvalue weighted by molar-refractivity contribution is 0.669. The molecule has 0 saturated carbocycles. The van der Waals surface area contributed by atoms with Gasteiger partial charge in [-0.1, -0.05) is 103 Å². The molecular weight excluding hydrogens is 548 g/mol. The summed E-state index contributed by atoms with van der Waals surface area (Å²) in [6, 6.07) is 63.6. The minimum atomic E-state index is 0.851. The van der Waals surface area contributed by atoms with Crippen molar-refractivity contribution < 1.29 is 4.42 Å². The molecule has 0 atom stereocenters. The molecule has 0 bridgehead atoms. The number of para-hydroxylation sites is 4. The summed E-state index contributed by atoms with van der Waals surface area (Å²) in [5.74, 6) is 0. The summed E-state index contributed by atoms with van der Waals surface area (Å²) in [6.07, 6.45) is 0. The summed E-state index contributed by atoms with van der Waals surface area (Å²) in [5, 5.41) is 2.17. The van der Waals surface area contributed by atoms with Crippen LogP contribution in [0.1, 0.15) is 0 Å². The lowest BCUT2D eigenvalue weighted by atomic mass is 10.0. The van der Waals surface area contributed by atoms with E-state index in [4.69, 9.17) is 4.42 Å². The van der Waals surface area contributed by atoms with Crippen LogP contribution in [0.25, 0.3) is 33.1 Å². The predicted octanol–water partition coefficient (Wildman–Crippen LogP) is 12.2. The third-order valence-electron chi connectivity index (χ3n) is 8.23. The summed E-state index contributed by atoms with van der Waals surface area (Å²) >= 11 is 0. The molecule has 0 N–H and O–H groups in total. The van der Waals surface area contributed by atoms with Crippen molar-refractivity contribution in [1.82, 2.24) is 0 Å². The molecule has 0 aliphatic heterocycles. The second-order valence-electron chi connectivity index (χ2n) is 11.0. The number of fused-ring (bicyclic) bond motifs is 3. The van der Waals surface area contributed by atoms with Gasteiger partial charge in [-0.2, -0.15) is 0 Å². The summed E-state index contributed by atoms with van der Waals surface area (Å²) in [7, 11) is 0. The standard InChI is InChI=1S/C42H30N2O/c1-5-15-31(16-6-1)37-23-13-14-24-40(37)44(34-21-11-4-12-22-34)36-25-27-38-39-29-35(26-28-41(39)45-42(38)30-36)43(32-17-7-2-8-18-32)33-19-9-3-10-20-33/h1-30H. The summed E-state index contributed by atoms with van der Waals surface area (Å²) in [5.41, 5.74) is 10.6. The zero-order valence-electron chi connectivity index (χ0n) is 24.6. The van der Waals surface area contributed by atoms with Gasteiger partial charge in [0, 0.05) is 50.8 Å². The number of anilines is 6. The topological polar surface area (TPSA) is 19.6 Å². The third-order valence-corrected chi connectivity index (χ3v) is 8.23. The van der Waals surface area contributed by atoms with E-state index in [9.17, 15) is 0 Å². The SMILES string of the molecule is c1ccc(-c2ccccc2N(c2ccccc2)c2ccc3c(c2)oc2ccc(N(c4ccccc4)c4ccccc4)cc23)cc1. The largest absolute Gasteiger partial charge is 0.456 e. The lowest BCUT2D eigenvalue weighted by Gasteiger charge is -2.27. The van der Waals surface area contributed by atoms with Gasteiger partial charge in [-0.05, 0) is 78.4 Å².